The van der Waals surface area contributed by atoms with Crippen molar-refractivity contribution >= 4 is 22.6 Å². The lowest BCUT2D eigenvalue weighted by molar-refractivity contribution is -0.403. The van der Waals surface area contributed by atoms with Crippen LogP contribution >= 0.6 is 22.6 Å². The summed E-state index contributed by atoms with van der Waals surface area (Å²) in [6.45, 7) is 0. The number of rotatable bonds is 2. The molecule has 0 aromatic heterocycles. The summed E-state index contributed by atoms with van der Waals surface area (Å²) in [4.78, 5) is 0. The van der Waals surface area contributed by atoms with Crippen LogP contribution in [0.15, 0.2) is 0 Å². The average molecular weight is 446 g/mol. The van der Waals surface area contributed by atoms with Gasteiger partial charge in [0.05, 0.1) is 0 Å². The summed E-state index contributed by atoms with van der Waals surface area (Å²) in [5.41, 5.74) is -7.44. The minimum atomic E-state index is -7.44. The topological polar surface area (TPSA) is 0 Å². The maximum atomic E-state index is 13.1. The molecule has 0 rings (SSSR count). The number of hydrogen-bond acceptors (Lipinski definition) is 0. The zero-order chi connectivity index (χ0) is 17.0. The second kappa shape index (κ2) is 4.66. The van der Waals surface area contributed by atoms with Crippen LogP contribution in [0.4, 0.5) is 57.1 Å². The van der Waals surface area contributed by atoms with E-state index in [1.165, 1.54) is 0 Å². The van der Waals surface area contributed by atoms with Crippen molar-refractivity contribution < 1.29 is 57.1 Å². The molecule has 0 aromatic rings. The monoisotopic (exact) mass is 446 g/mol. The summed E-state index contributed by atoms with van der Waals surface area (Å²) in [5, 5.41) is 0. The van der Waals surface area contributed by atoms with Gasteiger partial charge in [-0.05, 0) is 22.6 Å². The molecule has 0 aliphatic rings. The Hall–Kier alpha value is -0.180. The molecule has 0 N–H and O–H groups in total. The van der Waals surface area contributed by atoms with Crippen LogP contribution in [0.5, 0.6) is 0 Å². The van der Waals surface area contributed by atoms with Crippen molar-refractivity contribution in [3.8, 4) is 0 Å². The Bertz CT molecular complexity index is 343. The molecule has 20 heavy (non-hydrogen) atoms. The zero-order valence-corrected chi connectivity index (χ0v) is 10.4. The fourth-order valence-corrected chi connectivity index (χ4v) is 1.83. The second-order valence-electron chi connectivity index (χ2n) is 3.30. The Morgan fingerprint density at radius 3 is 0.850 bits per heavy atom. The molecule has 0 aromatic carbocycles. The van der Waals surface area contributed by atoms with Gasteiger partial charge in [0.15, 0.2) is 0 Å². The molecule has 0 spiro atoms. The van der Waals surface area contributed by atoms with Gasteiger partial charge >= 0.3 is 30.1 Å². The van der Waals surface area contributed by atoms with Crippen molar-refractivity contribution in [2.45, 2.75) is 33.8 Å². The fraction of sp³-hybridized carbons (Fsp3) is 1.00. The molecule has 0 bridgehead atoms. The molecule has 0 heterocycles. The minimum Gasteiger partial charge on any atom is -0.221 e. The zero-order valence-electron chi connectivity index (χ0n) is 8.29. The van der Waals surface area contributed by atoms with Crippen molar-refractivity contribution in [2.24, 2.45) is 0 Å². The van der Waals surface area contributed by atoms with Gasteiger partial charge in [-0.1, -0.05) is 0 Å². The third kappa shape index (κ3) is 2.51. The summed E-state index contributed by atoms with van der Waals surface area (Å²) in [7, 11) is 0. The fourth-order valence-electron chi connectivity index (χ4n) is 0.911. The van der Waals surface area contributed by atoms with Crippen molar-refractivity contribution in [2.75, 3.05) is 0 Å². The van der Waals surface area contributed by atoms with Crippen LogP contribution in [0.1, 0.15) is 0 Å². The van der Waals surface area contributed by atoms with E-state index in [4.69, 9.17) is 0 Å². The van der Waals surface area contributed by atoms with Gasteiger partial charge in [-0.3, -0.25) is 0 Å². The van der Waals surface area contributed by atoms with E-state index in [1.54, 1.807) is 0 Å². The van der Waals surface area contributed by atoms with Crippen LogP contribution in [0.2, 0.25) is 0 Å². The highest BCUT2D eigenvalue weighted by Gasteiger charge is 2.91. The van der Waals surface area contributed by atoms with Gasteiger partial charge in [0.2, 0.25) is 0 Å². The predicted molar refractivity (Wildman–Crippen MR) is 44.8 cm³/mol. The maximum Gasteiger partial charge on any atom is 0.457 e. The Kier molecular flexibility index (Phi) is 4.62. The van der Waals surface area contributed by atoms with E-state index in [0.29, 0.717) is 0 Å². The molecule has 0 amide bonds. The van der Waals surface area contributed by atoms with Gasteiger partial charge in [0.25, 0.3) is 3.68 Å². The summed E-state index contributed by atoms with van der Waals surface area (Å²) in [5.74, 6) is -7.26. The van der Waals surface area contributed by atoms with E-state index in [0.717, 1.165) is 0 Å². The smallest absolute Gasteiger partial charge is 0.221 e. The van der Waals surface area contributed by atoms with E-state index in [-0.39, 0.29) is 0 Å². The van der Waals surface area contributed by atoms with E-state index in [2.05, 4.69) is 0 Å². The summed E-state index contributed by atoms with van der Waals surface area (Å²) >= 11 is -1.18. The molecule has 0 aliphatic carbocycles. The van der Waals surface area contributed by atoms with Crippen LogP contribution in [0.3, 0.4) is 0 Å². The van der Waals surface area contributed by atoms with Gasteiger partial charge in [-0.15, -0.1) is 0 Å². The largest absolute Gasteiger partial charge is 0.457 e. The molecule has 1 unspecified atom stereocenters. The molecule has 0 fully saturated rings. The van der Waals surface area contributed by atoms with Crippen molar-refractivity contribution in [1.82, 2.24) is 0 Å². The Labute approximate surface area is 114 Å². The number of hydrogen-bond donors (Lipinski definition) is 0. The molecule has 0 radical (unpaired) electrons. The molecule has 122 valence electrons. The second-order valence-corrected chi connectivity index (χ2v) is 4.79. The first-order valence-corrected chi connectivity index (χ1v) is 4.97. The summed E-state index contributed by atoms with van der Waals surface area (Å²) in [6.07, 6.45) is -22.0. The minimum absolute atomic E-state index is 1.18. The summed E-state index contributed by atoms with van der Waals surface area (Å²) in [6, 6.07) is 0. The molecule has 0 aliphatic heterocycles. The molecular formula is C6F13I. The predicted octanol–water partition coefficient (Wildman–Crippen LogP) is 5.12. The number of alkyl halides is 14. The molecule has 0 saturated carbocycles. The van der Waals surface area contributed by atoms with Crippen molar-refractivity contribution in [3.63, 3.8) is 0 Å². The highest BCUT2D eigenvalue weighted by molar-refractivity contribution is 14.1. The quantitative estimate of drug-likeness (QED) is 0.314. The first-order chi connectivity index (χ1) is 8.25. The number of halogens is 14. The van der Waals surface area contributed by atoms with Crippen LogP contribution in [-0.2, 0) is 0 Å². The lowest BCUT2D eigenvalue weighted by atomic mass is 9.93. The van der Waals surface area contributed by atoms with Gasteiger partial charge in [-0.25, -0.2) is 8.78 Å². The third-order valence-corrected chi connectivity index (χ3v) is 3.38. The van der Waals surface area contributed by atoms with Crippen LogP contribution in [-0.4, -0.2) is 33.8 Å². The Morgan fingerprint density at radius 2 is 0.700 bits per heavy atom. The molecular weight excluding hydrogens is 446 g/mol. The highest BCUT2D eigenvalue weighted by atomic mass is 127. The first-order valence-electron chi connectivity index (χ1n) is 3.90. The van der Waals surface area contributed by atoms with Crippen LogP contribution < -0.4 is 0 Å². The van der Waals surface area contributed by atoms with Crippen LogP contribution in [0.25, 0.3) is 0 Å². The van der Waals surface area contributed by atoms with Crippen molar-refractivity contribution in [1.29, 1.82) is 0 Å². The molecule has 1 atom stereocenters. The molecule has 14 heteroatoms. The molecule has 0 nitrogen and oxygen atoms in total. The lowest BCUT2D eigenvalue weighted by Gasteiger charge is -2.41. The Morgan fingerprint density at radius 1 is 0.450 bits per heavy atom. The van der Waals surface area contributed by atoms with Crippen molar-refractivity contribution in [3.05, 3.63) is 0 Å². The van der Waals surface area contributed by atoms with Gasteiger partial charge in [0.1, 0.15) is 0 Å². The van der Waals surface area contributed by atoms with Gasteiger partial charge in [-0.2, -0.15) is 48.3 Å². The normalized spacial score (nSPS) is 18.9. The standard InChI is InChI=1S/C6F13I/c7-1(4(11,12)13,5(14,15)16)3(10,20)2(8,9)6(17,18)19. The lowest BCUT2D eigenvalue weighted by Crippen LogP contribution is -2.71. The average Bonchev–Trinajstić information content (AvgIpc) is 2.10. The van der Waals surface area contributed by atoms with Crippen LogP contribution in [0, 0.1) is 0 Å². The van der Waals surface area contributed by atoms with Gasteiger partial charge in [0, 0.05) is 0 Å². The maximum absolute atomic E-state index is 13.1. The first kappa shape index (κ1) is 19.8. The van der Waals surface area contributed by atoms with Gasteiger partial charge < -0.3 is 0 Å². The third-order valence-electron chi connectivity index (χ3n) is 1.96. The van der Waals surface area contributed by atoms with E-state index in [9.17, 15) is 57.1 Å². The summed E-state index contributed by atoms with van der Waals surface area (Å²) < 4.78 is 151. The highest BCUT2D eigenvalue weighted by Crippen LogP contribution is 2.64. The molecule has 0 saturated heterocycles. The Balaban J connectivity index is 6.38. The van der Waals surface area contributed by atoms with E-state index >= 15 is 0 Å². The SMILES string of the molecule is FC(F)(F)C(F)(F)C(F)(I)C(F)(C(F)(F)F)C(F)(F)F. The van der Waals surface area contributed by atoms with E-state index in [1.807, 2.05) is 0 Å². The van der Waals surface area contributed by atoms with E-state index < -0.39 is 56.4 Å².